The van der Waals surface area contributed by atoms with Crippen molar-refractivity contribution in [2.75, 3.05) is 0 Å². The average molecular weight is 211 g/mol. The second-order valence-electron chi connectivity index (χ2n) is 2.84. The molecule has 0 radical (unpaired) electrons. The number of hydrogen-bond acceptors (Lipinski definition) is 4. The summed E-state index contributed by atoms with van der Waals surface area (Å²) >= 11 is 0. The Morgan fingerprint density at radius 3 is 2.60 bits per heavy atom. The molecule has 15 heavy (non-hydrogen) atoms. The zero-order valence-electron chi connectivity index (χ0n) is 7.42. The molecule has 5 nitrogen and oxygen atoms in total. The van der Waals surface area contributed by atoms with Gasteiger partial charge in [-0.15, -0.1) is 0 Å². The molecule has 0 amide bonds. The van der Waals surface area contributed by atoms with Crippen molar-refractivity contribution < 1.29 is 18.8 Å². The summed E-state index contributed by atoms with van der Waals surface area (Å²) < 4.78 is 23.1. The van der Waals surface area contributed by atoms with Crippen LogP contribution in [-0.2, 0) is 9.47 Å². The van der Waals surface area contributed by atoms with Crippen molar-refractivity contribution in [2.24, 2.45) is 0 Å². The maximum absolute atomic E-state index is 13.3. The van der Waals surface area contributed by atoms with E-state index in [0.29, 0.717) is 0 Å². The Morgan fingerprint density at radius 2 is 2.00 bits per heavy atom. The highest BCUT2D eigenvalue weighted by atomic mass is 19.1. The van der Waals surface area contributed by atoms with Crippen molar-refractivity contribution in [2.45, 2.75) is 6.29 Å². The molecule has 0 N–H and O–H groups in total. The second-order valence-corrected chi connectivity index (χ2v) is 2.84. The lowest BCUT2D eigenvalue weighted by Gasteiger charge is -2.10. The molecule has 0 spiro atoms. The van der Waals surface area contributed by atoms with Gasteiger partial charge in [-0.1, -0.05) is 0 Å². The van der Waals surface area contributed by atoms with Crippen LogP contribution >= 0.6 is 0 Å². The van der Waals surface area contributed by atoms with E-state index < -0.39 is 17.0 Å². The molecule has 78 valence electrons. The maximum atomic E-state index is 13.3. The van der Waals surface area contributed by atoms with Crippen LogP contribution in [0.4, 0.5) is 10.1 Å². The Hall–Kier alpha value is -2.11. The first-order valence-corrected chi connectivity index (χ1v) is 4.08. The van der Waals surface area contributed by atoms with E-state index in [2.05, 4.69) is 0 Å². The van der Waals surface area contributed by atoms with Gasteiger partial charge >= 0.3 is 0 Å². The number of halogens is 1. The predicted octanol–water partition coefficient (Wildman–Crippen LogP) is 2.25. The van der Waals surface area contributed by atoms with Gasteiger partial charge < -0.3 is 9.47 Å². The molecule has 0 fully saturated rings. The van der Waals surface area contributed by atoms with Crippen molar-refractivity contribution in [3.05, 3.63) is 52.2 Å². The number of benzene rings is 1. The molecule has 6 heteroatoms. The van der Waals surface area contributed by atoms with E-state index in [1.165, 1.54) is 12.5 Å². The van der Waals surface area contributed by atoms with Gasteiger partial charge in [0.15, 0.2) is 0 Å². The molecule has 1 aliphatic heterocycles. The number of rotatable bonds is 2. The number of ether oxygens (including phenoxy) is 2. The average Bonchev–Trinajstić information content (AvgIpc) is 2.71. The van der Waals surface area contributed by atoms with E-state index in [-0.39, 0.29) is 11.3 Å². The van der Waals surface area contributed by atoms with Crippen LogP contribution in [0.5, 0.6) is 0 Å². The van der Waals surface area contributed by atoms with Crippen LogP contribution in [0.2, 0.25) is 0 Å². The minimum absolute atomic E-state index is 0.00852. The third-order valence-electron chi connectivity index (χ3n) is 1.90. The fraction of sp³-hybridized carbons (Fsp3) is 0.111. The quantitative estimate of drug-likeness (QED) is 0.556. The third-order valence-corrected chi connectivity index (χ3v) is 1.90. The van der Waals surface area contributed by atoms with Crippen LogP contribution in [0, 0.1) is 15.9 Å². The van der Waals surface area contributed by atoms with Crippen LogP contribution in [0.15, 0.2) is 30.7 Å². The Morgan fingerprint density at radius 1 is 1.33 bits per heavy atom. The van der Waals surface area contributed by atoms with Gasteiger partial charge in [-0.05, 0) is 6.07 Å². The summed E-state index contributed by atoms with van der Waals surface area (Å²) in [7, 11) is 0. The molecule has 1 heterocycles. The van der Waals surface area contributed by atoms with E-state index in [4.69, 9.17) is 9.47 Å². The van der Waals surface area contributed by atoms with E-state index in [9.17, 15) is 14.5 Å². The molecule has 2 rings (SSSR count). The molecular formula is C9H6FNO4. The van der Waals surface area contributed by atoms with E-state index in [0.717, 1.165) is 18.2 Å². The Labute approximate surface area is 83.9 Å². The van der Waals surface area contributed by atoms with E-state index >= 15 is 0 Å². The lowest BCUT2D eigenvalue weighted by molar-refractivity contribution is -0.385. The van der Waals surface area contributed by atoms with Crippen LogP contribution in [0.25, 0.3) is 0 Å². The minimum Gasteiger partial charge on any atom is -0.455 e. The lowest BCUT2D eigenvalue weighted by atomic mass is 10.2. The summed E-state index contributed by atoms with van der Waals surface area (Å²) in [5.41, 5.74) is -0.195. The number of non-ortho nitro benzene ring substituents is 1. The third kappa shape index (κ3) is 1.74. The summed E-state index contributed by atoms with van der Waals surface area (Å²) in [4.78, 5) is 9.86. The highest BCUT2D eigenvalue weighted by Gasteiger charge is 2.22. The summed E-state index contributed by atoms with van der Waals surface area (Å²) in [6, 6.07) is 3.19. The van der Waals surface area contributed by atoms with Crippen molar-refractivity contribution in [3.63, 3.8) is 0 Å². The topological polar surface area (TPSA) is 61.6 Å². The van der Waals surface area contributed by atoms with Crippen molar-refractivity contribution in [1.82, 2.24) is 0 Å². The number of hydrogen-bond donors (Lipinski definition) is 0. The first kappa shape index (κ1) is 9.45. The van der Waals surface area contributed by atoms with Crippen LogP contribution in [0.3, 0.4) is 0 Å². The first-order chi connectivity index (χ1) is 7.18. The number of nitro benzene ring substituents is 1. The molecule has 0 bridgehead atoms. The first-order valence-electron chi connectivity index (χ1n) is 4.08. The van der Waals surface area contributed by atoms with Crippen molar-refractivity contribution >= 4 is 5.69 Å². The summed E-state index contributed by atoms with van der Waals surface area (Å²) in [6.45, 7) is 0. The SMILES string of the molecule is O=[N+]([O-])c1ccc(F)c(C2OC=CO2)c1. The fourth-order valence-corrected chi connectivity index (χ4v) is 1.21. The van der Waals surface area contributed by atoms with Gasteiger partial charge in [-0.2, -0.15) is 0 Å². The Bertz CT molecular complexity index is 424. The molecule has 1 aliphatic rings. The van der Waals surface area contributed by atoms with Crippen molar-refractivity contribution in [1.29, 1.82) is 0 Å². The molecule has 0 saturated heterocycles. The molecule has 0 atom stereocenters. The van der Waals surface area contributed by atoms with Crippen molar-refractivity contribution in [3.8, 4) is 0 Å². The van der Waals surface area contributed by atoms with Gasteiger partial charge in [0, 0.05) is 12.1 Å². The highest BCUT2D eigenvalue weighted by molar-refractivity contribution is 5.36. The van der Waals surface area contributed by atoms with Gasteiger partial charge in [0.2, 0.25) is 0 Å². The Balaban J connectivity index is 2.36. The maximum Gasteiger partial charge on any atom is 0.270 e. The predicted molar refractivity (Wildman–Crippen MR) is 47.1 cm³/mol. The fourth-order valence-electron chi connectivity index (χ4n) is 1.21. The molecular weight excluding hydrogens is 205 g/mol. The standard InChI is InChI=1S/C9H6FNO4/c10-8-2-1-6(11(12)13)5-7(8)9-14-3-4-15-9/h1-5,9H. The van der Waals surface area contributed by atoms with Crippen LogP contribution < -0.4 is 0 Å². The normalized spacial score (nSPS) is 14.7. The molecule has 1 aromatic rings. The van der Waals surface area contributed by atoms with Gasteiger partial charge in [0.25, 0.3) is 12.0 Å². The lowest BCUT2D eigenvalue weighted by Crippen LogP contribution is -2.02. The number of nitro groups is 1. The van der Waals surface area contributed by atoms with Crippen LogP contribution in [-0.4, -0.2) is 4.92 Å². The van der Waals surface area contributed by atoms with E-state index in [1.54, 1.807) is 0 Å². The van der Waals surface area contributed by atoms with Gasteiger partial charge in [0.05, 0.1) is 10.5 Å². The smallest absolute Gasteiger partial charge is 0.270 e. The molecule has 0 saturated carbocycles. The van der Waals surface area contributed by atoms with Gasteiger partial charge in [0.1, 0.15) is 18.3 Å². The van der Waals surface area contributed by atoms with Gasteiger partial charge in [-0.25, -0.2) is 4.39 Å². The van der Waals surface area contributed by atoms with Crippen LogP contribution in [0.1, 0.15) is 11.9 Å². The van der Waals surface area contributed by atoms with Gasteiger partial charge in [-0.3, -0.25) is 10.1 Å². The molecule has 1 aromatic carbocycles. The Kier molecular flexibility index (Phi) is 2.24. The zero-order valence-corrected chi connectivity index (χ0v) is 7.42. The summed E-state index contributed by atoms with van der Waals surface area (Å²) in [6.07, 6.45) is 1.57. The molecule has 0 aliphatic carbocycles. The summed E-state index contributed by atoms with van der Waals surface area (Å²) in [5, 5.41) is 10.5. The summed E-state index contributed by atoms with van der Waals surface area (Å²) in [5.74, 6) is -0.602. The molecule has 0 aromatic heterocycles. The second kappa shape index (κ2) is 3.56. The number of nitrogens with zero attached hydrogens (tertiary/aromatic N) is 1. The zero-order chi connectivity index (χ0) is 10.8. The minimum atomic E-state index is -0.940. The van der Waals surface area contributed by atoms with E-state index in [1.807, 2.05) is 0 Å². The largest absolute Gasteiger partial charge is 0.455 e. The molecule has 0 unspecified atom stereocenters. The monoisotopic (exact) mass is 211 g/mol. The highest BCUT2D eigenvalue weighted by Crippen LogP contribution is 2.28.